The van der Waals surface area contributed by atoms with Crippen LogP contribution in [0.1, 0.15) is 31.2 Å². The highest BCUT2D eigenvalue weighted by Gasteiger charge is 2.41. The lowest BCUT2D eigenvalue weighted by Gasteiger charge is -2.26. The van der Waals surface area contributed by atoms with E-state index in [1.807, 2.05) is 6.07 Å². The predicted molar refractivity (Wildman–Crippen MR) is 87.1 cm³/mol. The van der Waals surface area contributed by atoms with Gasteiger partial charge in [0.25, 0.3) is 5.92 Å². The number of ether oxygens (including phenoxy) is 2. The van der Waals surface area contributed by atoms with Gasteiger partial charge in [0.15, 0.2) is 0 Å². The third-order valence-electron chi connectivity index (χ3n) is 3.73. The first kappa shape index (κ1) is 18.9. The molecule has 0 spiro atoms. The molecule has 25 heavy (non-hydrogen) atoms. The van der Waals surface area contributed by atoms with Crippen molar-refractivity contribution in [3.05, 3.63) is 48.0 Å². The van der Waals surface area contributed by atoms with Gasteiger partial charge in [0.2, 0.25) is 0 Å². The molecule has 0 bridgehead atoms. The summed E-state index contributed by atoms with van der Waals surface area (Å²) in [6.45, 7) is -0.634. The van der Waals surface area contributed by atoms with E-state index in [4.69, 9.17) is 9.47 Å². The van der Waals surface area contributed by atoms with Crippen molar-refractivity contribution in [2.24, 2.45) is 0 Å². The van der Waals surface area contributed by atoms with Crippen LogP contribution in [0.5, 0.6) is 0 Å². The van der Waals surface area contributed by atoms with Crippen LogP contribution < -0.4 is 5.32 Å². The molecule has 1 aliphatic heterocycles. The fraction of sp³-hybridized carbons (Fsp3) is 0.444. The van der Waals surface area contributed by atoms with Gasteiger partial charge < -0.3 is 14.8 Å². The van der Waals surface area contributed by atoms with Crippen LogP contribution in [0.25, 0.3) is 0 Å². The van der Waals surface area contributed by atoms with E-state index in [1.165, 1.54) is 6.08 Å². The van der Waals surface area contributed by atoms with Gasteiger partial charge in [0.1, 0.15) is 19.3 Å². The first-order chi connectivity index (χ1) is 12.0. The van der Waals surface area contributed by atoms with Crippen molar-refractivity contribution in [1.29, 1.82) is 0 Å². The average molecular weight is 353 g/mol. The number of halogens is 2. The lowest BCUT2D eigenvalue weighted by Crippen LogP contribution is -2.50. The van der Waals surface area contributed by atoms with Crippen LogP contribution in [0.4, 0.5) is 13.6 Å². The molecule has 7 heteroatoms. The van der Waals surface area contributed by atoms with Gasteiger partial charge in [0.05, 0.1) is 0 Å². The summed E-state index contributed by atoms with van der Waals surface area (Å²) >= 11 is 0. The fourth-order valence-corrected chi connectivity index (χ4v) is 2.29. The normalized spacial score (nSPS) is 22.2. The lowest BCUT2D eigenvalue weighted by atomic mass is 10.1. The Morgan fingerprint density at radius 3 is 2.80 bits per heavy atom. The second kappa shape index (κ2) is 9.15. The molecule has 1 aromatic carbocycles. The maximum atomic E-state index is 14.3. The number of amides is 1. The topological polar surface area (TPSA) is 64.6 Å². The largest absolute Gasteiger partial charge is 0.463 e. The molecule has 1 N–H and O–H groups in total. The molecule has 1 amide bonds. The Labute approximate surface area is 145 Å². The second-order valence-electron chi connectivity index (χ2n) is 5.77. The third-order valence-corrected chi connectivity index (χ3v) is 3.73. The van der Waals surface area contributed by atoms with Crippen molar-refractivity contribution < 1.29 is 27.8 Å². The molecule has 0 radical (unpaired) electrons. The van der Waals surface area contributed by atoms with Crippen LogP contribution in [-0.4, -0.2) is 30.6 Å². The molecule has 2 rings (SSSR count). The summed E-state index contributed by atoms with van der Waals surface area (Å²) in [7, 11) is 0. The number of benzene rings is 1. The number of carbonyl (C=O) groups is 2. The zero-order valence-electron chi connectivity index (χ0n) is 13.8. The minimum atomic E-state index is -3.26. The van der Waals surface area contributed by atoms with E-state index in [0.29, 0.717) is 12.8 Å². The summed E-state index contributed by atoms with van der Waals surface area (Å²) < 4.78 is 38.4. The Balaban J connectivity index is 1.96. The van der Waals surface area contributed by atoms with Crippen molar-refractivity contribution in [2.75, 3.05) is 6.61 Å². The number of carbonyl (C=O) groups excluding carboxylic acids is 2. The van der Waals surface area contributed by atoms with E-state index in [0.717, 1.165) is 5.56 Å². The van der Waals surface area contributed by atoms with Crippen LogP contribution in [-0.2, 0) is 20.9 Å². The third kappa shape index (κ3) is 6.52. The Bertz CT molecular complexity index is 604. The highest BCUT2D eigenvalue weighted by atomic mass is 19.3. The molecule has 0 aliphatic carbocycles. The van der Waals surface area contributed by atoms with Gasteiger partial charge in [-0.05, 0) is 18.4 Å². The summed E-state index contributed by atoms with van der Waals surface area (Å²) in [5, 5.41) is 2.11. The molecule has 1 atom stereocenters. The van der Waals surface area contributed by atoms with Gasteiger partial charge >= 0.3 is 12.1 Å². The van der Waals surface area contributed by atoms with Crippen molar-refractivity contribution in [2.45, 2.75) is 44.3 Å². The highest BCUT2D eigenvalue weighted by molar-refractivity contribution is 5.70. The summed E-state index contributed by atoms with van der Waals surface area (Å²) in [5.41, 5.74) is 0.737. The fourth-order valence-electron chi connectivity index (χ4n) is 2.29. The lowest BCUT2D eigenvalue weighted by molar-refractivity contribution is -0.147. The number of esters is 1. The zero-order chi connectivity index (χ0) is 18.1. The van der Waals surface area contributed by atoms with E-state index < -0.39 is 37.1 Å². The van der Waals surface area contributed by atoms with E-state index in [2.05, 4.69) is 5.32 Å². The number of hydrogen-bond acceptors (Lipinski definition) is 4. The Morgan fingerprint density at radius 2 is 2.04 bits per heavy atom. The number of alkyl carbamates (subject to hydrolysis) is 1. The molecule has 0 fully saturated rings. The van der Waals surface area contributed by atoms with Crippen molar-refractivity contribution in [3.8, 4) is 0 Å². The highest BCUT2D eigenvalue weighted by Crippen LogP contribution is 2.25. The minimum absolute atomic E-state index is 0.0370. The Hall–Kier alpha value is -2.44. The molecule has 0 saturated carbocycles. The average Bonchev–Trinajstić information content (AvgIpc) is 2.62. The molecule has 1 aliphatic rings. The smallest absolute Gasteiger partial charge is 0.408 e. The van der Waals surface area contributed by atoms with Crippen LogP contribution in [0, 0.1) is 0 Å². The quantitative estimate of drug-likeness (QED) is 0.666. The first-order valence-electron chi connectivity index (χ1n) is 8.13. The van der Waals surface area contributed by atoms with E-state index in [9.17, 15) is 18.4 Å². The zero-order valence-corrected chi connectivity index (χ0v) is 13.8. The number of rotatable bonds is 3. The maximum Gasteiger partial charge on any atom is 0.408 e. The second-order valence-corrected chi connectivity index (χ2v) is 5.77. The van der Waals surface area contributed by atoms with Gasteiger partial charge in [-0.15, -0.1) is 0 Å². The molecule has 1 aromatic rings. The minimum Gasteiger partial charge on any atom is -0.463 e. The summed E-state index contributed by atoms with van der Waals surface area (Å²) in [5.74, 6) is -3.82. The van der Waals surface area contributed by atoms with Crippen LogP contribution in [0.15, 0.2) is 42.5 Å². The van der Waals surface area contributed by atoms with Gasteiger partial charge in [-0.3, -0.25) is 4.79 Å². The SMILES string of the molecule is O=C1CCC/C=C/CC(F)(F)[C@H](NC(=O)OCc2ccccc2)CO1. The molecule has 1 heterocycles. The Kier molecular flexibility index (Phi) is 6.91. The van der Waals surface area contributed by atoms with Gasteiger partial charge in [-0.25, -0.2) is 13.6 Å². The number of alkyl halides is 2. The molecule has 0 unspecified atom stereocenters. The number of nitrogens with one attached hydrogen (secondary N) is 1. The summed E-state index contributed by atoms with van der Waals surface area (Å²) in [6, 6.07) is 7.22. The predicted octanol–water partition coefficient (Wildman–Crippen LogP) is 3.59. The maximum absolute atomic E-state index is 14.3. The van der Waals surface area contributed by atoms with E-state index in [-0.39, 0.29) is 13.0 Å². The Morgan fingerprint density at radius 1 is 1.28 bits per heavy atom. The first-order valence-corrected chi connectivity index (χ1v) is 8.13. The number of hydrogen-bond donors (Lipinski definition) is 1. The summed E-state index contributed by atoms with van der Waals surface area (Å²) in [6.07, 6.45) is 2.66. The molecule has 136 valence electrons. The van der Waals surface area contributed by atoms with Crippen molar-refractivity contribution >= 4 is 12.1 Å². The van der Waals surface area contributed by atoms with E-state index >= 15 is 0 Å². The number of cyclic esters (lactones) is 1. The standard InChI is InChI=1S/C18H21F2NO4/c19-18(20)11-7-2-1-6-10-16(22)24-13-15(18)21-17(23)25-12-14-8-4-3-5-9-14/h2-5,7-9,15H,1,6,10-13H2,(H,21,23)/b7-2+/t15-/m1/s1. The summed E-state index contributed by atoms with van der Waals surface area (Å²) in [4.78, 5) is 23.4. The van der Waals surface area contributed by atoms with Crippen molar-refractivity contribution in [3.63, 3.8) is 0 Å². The van der Waals surface area contributed by atoms with Gasteiger partial charge in [-0.1, -0.05) is 42.5 Å². The van der Waals surface area contributed by atoms with Crippen LogP contribution >= 0.6 is 0 Å². The monoisotopic (exact) mass is 353 g/mol. The molecular formula is C18H21F2NO4. The van der Waals surface area contributed by atoms with Crippen LogP contribution in [0.2, 0.25) is 0 Å². The van der Waals surface area contributed by atoms with Gasteiger partial charge in [0, 0.05) is 12.8 Å². The molecule has 0 aromatic heterocycles. The molecule has 5 nitrogen and oxygen atoms in total. The van der Waals surface area contributed by atoms with Crippen LogP contribution in [0.3, 0.4) is 0 Å². The molecular weight excluding hydrogens is 332 g/mol. The molecule has 0 saturated heterocycles. The van der Waals surface area contributed by atoms with Crippen molar-refractivity contribution in [1.82, 2.24) is 5.32 Å². The van der Waals surface area contributed by atoms with E-state index in [1.54, 1.807) is 30.3 Å². The number of allylic oxidation sites excluding steroid dienone is 2. The van der Waals surface area contributed by atoms with Gasteiger partial charge in [-0.2, -0.15) is 0 Å².